The van der Waals surface area contributed by atoms with E-state index in [0.29, 0.717) is 10.7 Å². The van der Waals surface area contributed by atoms with Gasteiger partial charge in [0.15, 0.2) is 0 Å². The fourth-order valence-corrected chi connectivity index (χ4v) is 5.28. The molecule has 6 nitrogen and oxygen atoms in total. The number of hydrogen-bond acceptors (Lipinski definition) is 5. The number of carboxylic acid groups (broad SMARTS) is 1. The van der Waals surface area contributed by atoms with Crippen molar-refractivity contribution < 1.29 is 19.5 Å². The molecule has 1 aromatic rings. The summed E-state index contributed by atoms with van der Waals surface area (Å²) in [6, 6.07) is 8.62. The van der Waals surface area contributed by atoms with Crippen LogP contribution in [0, 0.1) is 0 Å². The molecule has 0 radical (unpaired) electrons. The molecule has 0 aliphatic carbocycles. The van der Waals surface area contributed by atoms with Crippen LogP contribution in [0.15, 0.2) is 40.9 Å². The summed E-state index contributed by atoms with van der Waals surface area (Å²) in [7, 11) is 0. The summed E-state index contributed by atoms with van der Waals surface area (Å²) in [6.07, 6.45) is 0.195. The zero-order chi connectivity index (χ0) is 18.0. The van der Waals surface area contributed by atoms with E-state index in [1.807, 2.05) is 37.3 Å². The molecule has 1 saturated heterocycles. The smallest absolute Gasteiger partial charge is 0.353 e. The fourth-order valence-electron chi connectivity index (χ4n) is 2.88. The van der Waals surface area contributed by atoms with Gasteiger partial charge in [0.25, 0.3) is 5.91 Å². The lowest BCUT2D eigenvalue weighted by Gasteiger charge is -2.49. The fraction of sp³-hybridized carbons (Fsp3) is 0.353. The molecule has 2 N–H and O–H groups in total. The first-order chi connectivity index (χ1) is 12.0. The number of carboxylic acids is 1. The summed E-state index contributed by atoms with van der Waals surface area (Å²) in [5, 5.41) is 11.9. The molecular weight excluding hydrogens is 360 g/mol. The van der Waals surface area contributed by atoms with E-state index >= 15 is 0 Å². The number of thioether (sulfide) groups is 2. The summed E-state index contributed by atoms with van der Waals surface area (Å²) in [5.41, 5.74) is 0.932. The maximum atomic E-state index is 12.4. The van der Waals surface area contributed by atoms with Gasteiger partial charge in [-0.05, 0) is 11.3 Å². The van der Waals surface area contributed by atoms with Crippen molar-refractivity contribution in [2.75, 3.05) is 11.5 Å². The van der Waals surface area contributed by atoms with Crippen LogP contribution >= 0.6 is 23.5 Å². The predicted octanol–water partition coefficient (Wildman–Crippen LogP) is 1.68. The number of amides is 2. The molecule has 0 aromatic heterocycles. The minimum absolute atomic E-state index is 0.0640. The van der Waals surface area contributed by atoms with Crippen LogP contribution in [0.5, 0.6) is 0 Å². The van der Waals surface area contributed by atoms with E-state index in [1.165, 1.54) is 28.4 Å². The van der Waals surface area contributed by atoms with Crippen molar-refractivity contribution in [2.45, 2.75) is 24.8 Å². The molecule has 0 saturated carbocycles. The van der Waals surface area contributed by atoms with E-state index in [-0.39, 0.29) is 29.3 Å². The van der Waals surface area contributed by atoms with Gasteiger partial charge in [-0.3, -0.25) is 14.5 Å². The van der Waals surface area contributed by atoms with Gasteiger partial charge < -0.3 is 10.4 Å². The standard InChI is InChI=1S/C17H18N2O4S2/c1-2-24-11-9-25-16-13(15(21)19(16)14(11)17(22)23)18-12(20)8-10-6-4-3-5-7-10/h3-7,13,16H,2,8-9H2,1H3,(H,18,20)(H,22,23)/t13?,16-/m0/s1. The van der Waals surface area contributed by atoms with E-state index in [9.17, 15) is 19.5 Å². The third kappa shape index (κ3) is 3.55. The van der Waals surface area contributed by atoms with Crippen LogP contribution in [0.1, 0.15) is 12.5 Å². The number of fused-ring (bicyclic) bond motifs is 1. The van der Waals surface area contributed by atoms with Gasteiger partial charge in [-0.2, -0.15) is 0 Å². The molecule has 1 aromatic carbocycles. The largest absolute Gasteiger partial charge is 0.477 e. The van der Waals surface area contributed by atoms with Gasteiger partial charge in [0, 0.05) is 10.7 Å². The van der Waals surface area contributed by atoms with Crippen molar-refractivity contribution in [3.63, 3.8) is 0 Å². The third-order valence-corrected chi connectivity index (χ3v) is 6.42. The molecule has 2 heterocycles. The Morgan fingerprint density at radius 1 is 1.36 bits per heavy atom. The minimum Gasteiger partial charge on any atom is -0.477 e. The molecule has 1 unspecified atom stereocenters. The molecule has 1 fully saturated rings. The molecule has 2 aliphatic heterocycles. The molecule has 2 amide bonds. The van der Waals surface area contributed by atoms with Crippen molar-refractivity contribution in [2.24, 2.45) is 0 Å². The van der Waals surface area contributed by atoms with E-state index in [4.69, 9.17) is 0 Å². The number of nitrogens with zero attached hydrogens (tertiary/aromatic N) is 1. The maximum Gasteiger partial charge on any atom is 0.353 e. The lowest BCUT2D eigenvalue weighted by molar-refractivity contribution is -0.150. The molecule has 25 heavy (non-hydrogen) atoms. The third-order valence-electron chi connectivity index (χ3n) is 3.98. The van der Waals surface area contributed by atoms with Gasteiger partial charge >= 0.3 is 5.97 Å². The van der Waals surface area contributed by atoms with Gasteiger partial charge in [0.2, 0.25) is 5.91 Å². The highest BCUT2D eigenvalue weighted by molar-refractivity contribution is 8.06. The lowest BCUT2D eigenvalue weighted by atomic mass is 10.0. The number of β-lactam (4-membered cyclic amide) rings is 1. The van der Waals surface area contributed by atoms with Gasteiger partial charge in [-0.15, -0.1) is 23.5 Å². The summed E-state index contributed by atoms with van der Waals surface area (Å²) in [4.78, 5) is 38.2. The van der Waals surface area contributed by atoms with Crippen LogP contribution < -0.4 is 5.32 Å². The molecule has 8 heteroatoms. The lowest BCUT2D eigenvalue weighted by Crippen LogP contribution is -2.70. The number of nitrogens with one attached hydrogen (secondary N) is 1. The van der Waals surface area contributed by atoms with Crippen LogP contribution in [0.25, 0.3) is 0 Å². The second-order valence-electron chi connectivity index (χ2n) is 5.63. The second-order valence-corrected chi connectivity index (χ2v) is 8.09. The first kappa shape index (κ1) is 17.9. The van der Waals surface area contributed by atoms with Crippen molar-refractivity contribution in [1.29, 1.82) is 0 Å². The summed E-state index contributed by atoms with van der Waals surface area (Å²) in [6.45, 7) is 1.94. The van der Waals surface area contributed by atoms with Crippen LogP contribution in [0.3, 0.4) is 0 Å². The molecular formula is C17H18N2O4S2. The Bertz CT molecular complexity index is 735. The number of rotatable bonds is 6. The highest BCUT2D eigenvalue weighted by Crippen LogP contribution is 2.43. The summed E-state index contributed by atoms with van der Waals surface area (Å²) < 4.78 is 0. The highest BCUT2D eigenvalue weighted by atomic mass is 32.2. The van der Waals surface area contributed by atoms with E-state index in [0.717, 1.165) is 11.3 Å². The van der Waals surface area contributed by atoms with Crippen molar-refractivity contribution in [1.82, 2.24) is 10.2 Å². The zero-order valence-electron chi connectivity index (χ0n) is 13.6. The number of carbonyl (C=O) groups is 3. The number of aliphatic carboxylic acids is 1. The number of benzene rings is 1. The summed E-state index contributed by atoms with van der Waals surface area (Å²) in [5.74, 6) is -0.399. The van der Waals surface area contributed by atoms with E-state index < -0.39 is 12.0 Å². The topological polar surface area (TPSA) is 86.7 Å². The molecule has 132 valence electrons. The van der Waals surface area contributed by atoms with Gasteiger partial charge in [-0.1, -0.05) is 37.3 Å². The Morgan fingerprint density at radius 3 is 2.72 bits per heavy atom. The van der Waals surface area contributed by atoms with Gasteiger partial charge in [-0.25, -0.2) is 4.79 Å². The Balaban J connectivity index is 1.69. The Morgan fingerprint density at radius 2 is 2.08 bits per heavy atom. The van der Waals surface area contributed by atoms with Crippen LogP contribution in [0.2, 0.25) is 0 Å². The first-order valence-electron chi connectivity index (χ1n) is 7.90. The normalized spacial score (nSPS) is 22.3. The average molecular weight is 378 g/mol. The Kier molecular flexibility index (Phi) is 5.39. The molecule has 0 spiro atoms. The first-order valence-corrected chi connectivity index (χ1v) is 9.93. The number of carbonyl (C=O) groups excluding carboxylic acids is 2. The Hall–Kier alpha value is -1.93. The van der Waals surface area contributed by atoms with Crippen molar-refractivity contribution in [3.05, 3.63) is 46.5 Å². The summed E-state index contributed by atoms with van der Waals surface area (Å²) >= 11 is 2.93. The average Bonchev–Trinajstić information content (AvgIpc) is 2.60. The number of hydrogen-bond donors (Lipinski definition) is 2. The molecule has 0 bridgehead atoms. The highest BCUT2D eigenvalue weighted by Gasteiger charge is 2.54. The molecule has 3 rings (SSSR count). The van der Waals surface area contributed by atoms with Crippen LogP contribution in [-0.2, 0) is 20.8 Å². The Labute approximate surface area is 154 Å². The van der Waals surface area contributed by atoms with E-state index in [1.54, 1.807) is 0 Å². The molecule has 2 aliphatic rings. The minimum atomic E-state index is -1.09. The van der Waals surface area contributed by atoms with Crippen molar-refractivity contribution in [3.8, 4) is 0 Å². The quantitative estimate of drug-likeness (QED) is 0.733. The SMILES string of the molecule is CCSC1=C(C(=O)O)N2C(=O)C(NC(=O)Cc3ccccc3)[C@@H]2SC1. The molecule has 2 atom stereocenters. The maximum absolute atomic E-state index is 12.4. The van der Waals surface area contributed by atoms with E-state index in [2.05, 4.69) is 5.32 Å². The van der Waals surface area contributed by atoms with Gasteiger partial charge in [0.05, 0.1) is 6.42 Å². The predicted molar refractivity (Wildman–Crippen MR) is 98.0 cm³/mol. The second kappa shape index (κ2) is 7.53. The zero-order valence-corrected chi connectivity index (χ0v) is 15.2. The monoisotopic (exact) mass is 378 g/mol. The van der Waals surface area contributed by atoms with Crippen molar-refractivity contribution >= 4 is 41.3 Å². The van der Waals surface area contributed by atoms with Crippen LogP contribution in [-0.4, -0.2) is 50.7 Å². The van der Waals surface area contributed by atoms with Crippen LogP contribution in [0.4, 0.5) is 0 Å². The van der Waals surface area contributed by atoms with Gasteiger partial charge in [0.1, 0.15) is 17.1 Å².